The molecule has 2 N–H and O–H groups in total. The van der Waals surface area contributed by atoms with Crippen LogP contribution in [-0.4, -0.2) is 29.4 Å². The van der Waals surface area contributed by atoms with Gasteiger partial charge in [-0.15, -0.1) is 0 Å². The van der Waals surface area contributed by atoms with Crippen LogP contribution in [0, 0.1) is 5.92 Å². The highest BCUT2D eigenvalue weighted by atomic mass is 16.2. The topological polar surface area (TPSA) is 46.3 Å². The minimum Gasteiger partial charge on any atom is -0.337 e. The van der Waals surface area contributed by atoms with E-state index >= 15 is 0 Å². The molecule has 1 aliphatic rings. The van der Waals surface area contributed by atoms with Crippen molar-refractivity contribution in [2.75, 3.05) is 6.54 Å². The Morgan fingerprint density at radius 3 is 2.47 bits per heavy atom. The second-order valence-corrected chi connectivity index (χ2v) is 4.70. The Balaban J connectivity index is 2.60. The van der Waals surface area contributed by atoms with Gasteiger partial charge in [-0.25, -0.2) is 0 Å². The second-order valence-electron chi connectivity index (χ2n) is 4.70. The zero-order chi connectivity index (χ0) is 11.4. The normalized spacial score (nSPS) is 19.7. The average molecular weight is 212 g/mol. The molecule has 3 nitrogen and oxygen atoms in total. The van der Waals surface area contributed by atoms with E-state index in [2.05, 4.69) is 25.7 Å². The number of hydrogen-bond acceptors (Lipinski definition) is 2. The molecular formula is C12H24N2O. The van der Waals surface area contributed by atoms with Crippen molar-refractivity contribution in [1.82, 2.24) is 4.90 Å². The van der Waals surface area contributed by atoms with E-state index in [1.165, 1.54) is 12.8 Å². The fourth-order valence-corrected chi connectivity index (χ4v) is 1.98. The first-order valence-electron chi connectivity index (χ1n) is 6.13. The summed E-state index contributed by atoms with van der Waals surface area (Å²) in [4.78, 5) is 14.0. The van der Waals surface area contributed by atoms with Crippen molar-refractivity contribution >= 4 is 5.91 Å². The molecule has 0 spiro atoms. The smallest absolute Gasteiger partial charge is 0.224 e. The molecule has 0 radical (unpaired) electrons. The van der Waals surface area contributed by atoms with Crippen molar-refractivity contribution in [3.05, 3.63) is 0 Å². The number of carbonyl (C=O) groups excluding carboxylic acids is 1. The Kier molecular flexibility index (Phi) is 4.58. The molecule has 15 heavy (non-hydrogen) atoms. The third kappa shape index (κ3) is 3.20. The predicted octanol–water partition coefficient (Wildman–Crippen LogP) is 1.76. The van der Waals surface area contributed by atoms with Gasteiger partial charge in [0.25, 0.3) is 0 Å². The molecule has 0 aromatic carbocycles. The van der Waals surface area contributed by atoms with Gasteiger partial charge in [-0.2, -0.15) is 0 Å². The molecule has 1 aliphatic carbocycles. The van der Waals surface area contributed by atoms with E-state index in [9.17, 15) is 4.79 Å². The fraction of sp³-hybridized carbons (Fsp3) is 0.917. The maximum Gasteiger partial charge on any atom is 0.224 e. The lowest BCUT2D eigenvalue weighted by Crippen LogP contribution is -2.44. The summed E-state index contributed by atoms with van der Waals surface area (Å²) in [6, 6.07) is 0.870. The molecule has 2 unspecified atom stereocenters. The molecular weight excluding hydrogens is 188 g/mol. The Bertz CT molecular complexity index is 214. The van der Waals surface area contributed by atoms with Gasteiger partial charge in [0.15, 0.2) is 0 Å². The second kappa shape index (κ2) is 5.50. The lowest BCUT2D eigenvalue weighted by atomic mass is 9.98. The van der Waals surface area contributed by atoms with Crippen molar-refractivity contribution < 1.29 is 4.79 Å². The van der Waals surface area contributed by atoms with Gasteiger partial charge in [0.1, 0.15) is 0 Å². The summed E-state index contributed by atoms with van der Waals surface area (Å²) in [6.07, 6.45) is 3.98. The zero-order valence-corrected chi connectivity index (χ0v) is 10.2. The highest BCUT2D eigenvalue weighted by molar-refractivity contribution is 5.77. The van der Waals surface area contributed by atoms with Gasteiger partial charge < -0.3 is 10.6 Å². The lowest BCUT2D eigenvalue weighted by Gasteiger charge is -2.33. The highest BCUT2D eigenvalue weighted by Crippen LogP contribution is 2.31. The summed E-state index contributed by atoms with van der Waals surface area (Å²) in [5, 5.41) is 0. The van der Waals surface area contributed by atoms with Gasteiger partial charge in [0.05, 0.1) is 0 Å². The average Bonchev–Trinajstić information content (AvgIpc) is 3.01. The summed E-state index contributed by atoms with van der Waals surface area (Å²) in [7, 11) is 0. The number of carbonyl (C=O) groups is 1. The number of hydrogen-bond donors (Lipinski definition) is 1. The molecule has 1 rings (SSSR count). The minimum absolute atomic E-state index is 0.243. The molecule has 0 bridgehead atoms. The van der Waals surface area contributed by atoms with Gasteiger partial charge in [-0.05, 0) is 25.7 Å². The molecule has 88 valence electrons. The maximum atomic E-state index is 11.9. The van der Waals surface area contributed by atoms with Crippen LogP contribution in [0.5, 0.6) is 0 Å². The molecule has 3 heteroatoms. The van der Waals surface area contributed by atoms with E-state index in [-0.39, 0.29) is 5.91 Å². The SMILES string of the molecule is CCC(C)C(C)N(C(=O)CCN)C1CC1. The van der Waals surface area contributed by atoms with Crippen molar-refractivity contribution in [3.8, 4) is 0 Å². The van der Waals surface area contributed by atoms with E-state index in [1.54, 1.807) is 0 Å². The van der Waals surface area contributed by atoms with Crippen LogP contribution in [-0.2, 0) is 4.79 Å². The fourth-order valence-electron chi connectivity index (χ4n) is 1.98. The Labute approximate surface area is 93.0 Å². The molecule has 0 saturated heterocycles. The van der Waals surface area contributed by atoms with Crippen LogP contribution in [0.1, 0.15) is 46.5 Å². The third-order valence-corrected chi connectivity index (χ3v) is 3.49. The zero-order valence-electron chi connectivity index (χ0n) is 10.2. The number of nitrogens with two attached hydrogens (primary N) is 1. The van der Waals surface area contributed by atoms with Gasteiger partial charge in [-0.1, -0.05) is 20.3 Å². The molecule has 1 fully saturated rings. The van der Waals surface area contributed by atoms with E-state index in [4.69, 9.17) is 5.73 Å². The Hall–Kier alpha value is -0.570. The van der Waals surface area contributed by atoms with Gasteiger partial charge >= 0.3 is 0 Å². The van der Waals surface area contributed by atoms with Crippen LogP contribution < -0.4 is 5.73 Å². The molecule has 0 heterocycles. The molecule has 0 aromatic heterocycles. The molecule has 0 aromatic rings. The summed E-state index contributed by atoms with van der Waals surface area (Å²) in [6.45, 7) is 7.03. The van der Waals surface area contributed by atoms with Crippen LogP contribution in [0.4, 0.5) is 0 Å². The first-order chi connectivity index (χ1) is 7.11. The van der Waals surface area contributed by atoms with Crippen LogP contribution in [0.15, 0.2) is 0 Å². The van der Waals surface area contributed by atoms with Crippen molar-refractivity contribution in [3.63, 3.8) is 0 Å². The summed E-state index contributed by atoms with van der Waals surface area (Å²) in [5.41, 5.74) is 5.45. The molecule has 2 atom stereocenters. The largest absolute Gasteiger partial charge is 0.337 e. The number of amides is 1. The van der Waals surface area contributed by atoms with Crippen molar-refractivity contribution in [2.45, 2.75) is 58.5 Å². The molecule has 1 amide bonds. The van der Waals surface area contributed by atoms with Crippen LogP contribution >= 0.6 is 0 Å². The maximum absolute atomic E-state index is 11.9. The van der Waals surface area contributed by atoms with Gasteiger partial charge in [-0.3, -0.25) is 4.79 Å². The minimum atomic E-state index is 0.243. The lowest BCUT2D eigenvalue weighted by molar-refractivity contribution is -0.134. The van der Waals surface area contributed by atoms with Crippen LogP contribution in [0.25, 0.3) is 0 Å². The number of nitrogens with zero attached hydrogens (tertiary/aromatic N) is 1. The first-order valence-corrected chi connectivity index (χ1v) is 6.13. The van der Waals surface area contributed by atoms with Crippen molar-refractivity contribution in [1.29, 1.82) is 0 Å². The third-order valence-electron chi connectivity index (χ3n) is 3.49. The van der Waals surface area contributed by atoms with Crippen LogP contribution in [0.3, 0.4) is 0 Å². The molecule has 0 aliphatic heterocycles. The highest BCUT2D eigenvalue weighted by Gasteiger charge is 2.36. The summed E-state index contributed by atoms with van der Waals surface area (Å²) >= 11 is 0. The quantitative estimate of drug-likeness (QED) is 0.729. The van der Waals surface area contributed by atoms with E-state index in [1.807, 2.05) is 0 Å². The Morgan fingerprint density at radius 1 is 1.47 bits per heavy atom. The van der Waals surface area contributed by atoms with Gasteiger partial charge in [0.2, 0.25) is 5.91 Å². The summed E-state index contributed by atoms with van der Waals surface area (Å²) < 4.78 is 0. The number of rotatable bonds is 6. The monoisotopic (exact) mass is 212 g/mol. The predicted molar refractivity (Wildman–Crippen MR) is 62.5 cm³/mol. The molecule has 1 saturated carbocycles. The standard InChI is InChI=1S/C12H24N2O/c1-4-9(2)10(3)14(11-5-6-11)12(15)7-8-13/h9-11H,4-8,13H2,1-3H3. The van der Waals surface area contributed by atoms with E-state index in [0.29, 0.717) is 31.0 Å². The van der Waals surface area contributed by atoms with Crippen LogP contribution in [0.2, 0.25) is 0 Å². The van der Waals surface area contributed by atoms with Gasteiger partial charge in [0, 0.05) is 25.0 Å². The van der Waals surface area contributed by atoms with Crippen molar-refractivity contribution in [2.24, 2.45) is 11.7 Å². The van der Waals surface area contributed by atoms with E-state index in [0.717, 1.165) is 6.42 Å². The first kappa shape index (κ1) is 12.5. The summed E-state index contributed by atoms with van der Waals surface area (Å²) in [5.74, 6) is 0.820. The Morgan fingerprint density at radius 2 is 2.07 bits per heavy atom. The van der Waals surface area contributed by atoms with E-state index < -0.39 is 0 Å².